The van der Waals surface area contributed by atoms with Crippen LogP contribution in [0.4, 0.5) is 5.69 Å². The average molecular weight is 381 g/mol. The Hall–Kier alpha value is -3.35. The summed E-state index contributed by atoms with van der Waals surface area (Å²) in [7, 11) is 0. The lowest BCUT2D eigenvalue weighted by atomic mass is 10.2. The molecule has 1 saturated carbocycles. The molecule has 1 fully saturated rings. The fraction of sp³-hybridized carbons (Fsp3) is 0.286. The van der Waals surface area contributed by atoms with E-state index in [0.29, 0.717) is 23.8 Å². The predicted octanol–water partition coefficient (Wildman–Crippen LogP) is 2.96. The lowest BCUT2D eigenvalue weighted by Gasteiger charge is -2.12. The van der Waals surface area contributed by atoms with Crippen LogP contribution in [0.1, 0.15) is 25.3 Å². The van der Waals surface area contributed by atoms with Crippen LogP contribution < -0.4 is 20.2 Å². The van der Waals surface area contributed by atoms with Crippen molar-refractivity contribution < 1.29 is 19.1 Å². The van der Waals surface area contributed by atoms with Crippen LogP contribution >= 0.6 is 0 Å². The van der Waals surface area contributed by atoms with Crippen molar-refractivity contribution in [3.63, 3.8) is 0 Å². The number of ether oxygens (including phenoxy) is 2. The number of nitrogens with one attached hydrogen (secondary N) is 2. The van der Waals surface area contributed by atoms with E-state index in [1.807, 2.05) is 25.1 Å². The zero-order chi connectivity index (χ0) is 19.8. The van der Waals surface area contributed by atoms with E-state index in [4.69, 9.17) is 9.47 Å². The van der Waals surface area contributed by atoms with Gasteiger partial charge in [0.25, 0.3) is 5.91 Å². The van der Waals surface area contributed by atoms with E-state index >= 15 is 0 Å². The first-order chi connectivity index (χ1) is 13.7. The quantitative estimate of drug-likeness (QED) is 0.516. The van der Waals surface area contributed by atoms with Gasteiger partial charge in [-0.2, -0.15) is 5.10 Å². The molecule has 2 N–H and O–H groups in total. The molecule has 7 nitrogen and oxygen atoms in total. The van der Waals surface area contributed by atoms with E-state index in [-0.39, 0.29) is 24.3 Å². The summed E-state index contributed by atoms with van der Waals surface area (Å²) in [6, 6.07) is 14.4. The molecule has 2 aromatic carbocycles. The van der Waals surface area contributed by atoms with Crippen molar-refractivity contribution in [2.75, 3.05) is 18.5 Å². The summed E-state index contributed by atoms with van der Waals surface area (Å²) < 4.78 is 11.2. The van der Waals surface area contributed by atoms with E-state index in [1.165, 1.54) is 0 Å². The van der Waals surface area contributed by atoms with Crippen molar-refractivity contribution in [3.8, 4) is 11.5 Å². The number of amides is 2. The summed E-state index contributed by atoms with van der Waals surface area (Å²) in [5, 5.41) is 6.73. The molecule has 2 aromatic rings. The Morgan fingerprint density at radius 1 is 1.11 bits per heavy atom. The number of para-hydroxylation sites is 1. The van der Waals surface area contributed by atoms with Crippen molar-refractivity contribution in [1.82, 2.24) is 5.43 Å². The maximum atomic E-state index is 12.0. The molecular formula is C21H23N3O4. The molecule has 0 saturated heterocycles. The van der Waals surface area contributed by atoms with Crippen molar-refractivity contribution in [2.24, 2.45) is 11.0 Å². The van der Waals surface area contributed by atoms with Crippen LogP contribution in [0.2, 0.25) is 0 Å². The van der Waals surface area contributed by atoms with Crippen molar-refractivity contribution in [3.05, 3.63) is 54.1 Å². The first-order valence-corrected chi connectivity index (χ1v) is 9.23. The van der Waals surface area contributed by atoms with Crippen LogP contribution in [0.15, 0.2) is 53.6 Å². The van der Waals surface area contributed by atoms with Crippen LogP contribution in [0.25, 0.3) is 0 Å². The number of hydrazone groups is 1. The van der Waals surface area contributed by atoms with E-state index in [2.05, 4.69) is 15.8 Å². The molecule has 28 heavy (non-hydrogen) atoms. The van der Waals surface area contributed by atoms with Gasteiger partial charge in [0.2, 0.25) is 5.91 Å². The van der Waals surface area contributed by atoms with Gasteiger partial charge < -0.3 is 14.8 Å². The van der Waals surface area contributed by atoms with Crippen LogP contribution in [-0.2, 0) is 9.59 Å². The molecule has 7 heteroatoms. The molecule has 3 rings (SSSR count). The smallest absolute Gasteiger partial charge is 0.262 e. The van der Waals surface area contributed by atoms with Gasteiger partial charge in [0.05, 0.1) is 12.8 Å². The first kappa shape index (κ1) is 19.4. The number of carbonyl (C=O) groups is 2. The number of nitrogens with zero attached hydrogens (tertiary/aromatic N) is 1. The maximum absolute atomic E-state index is 12.0. The van der Waals surface area contributed by atoms with Crippen LogP contribution in [0.5, 0.6) is 11.5 Å². The Labute approximate surface area is 163 Å². The van der Waals surface area contributed by atoms with Crippen LogP contribution in [0.3, 0.4) is 0 Å². The highest BCUT2D eigenvalue weighted by molar-refractivity contribution is 5.92. The van der Waals surface area contributed by atoms with Gasteiger partial charge in [0.15, 0.2) is 18.1 Å². The Bertz CT molecular complexity index is 848. The number of anilines is 1. The highest BCUT2D eigenvalue weighted by atomic mass is 16.5. The zero-order valence-corrected chi connectivity index (χ0v) is 15.7. The highest BCUT2D eigenvalue weighted by Crippen LogP contribution is 2.29. The van der Waals surface area contributed by atoms with Crippen molar-refractivity contribution in [2.45, 2.75) is 19.8 Å². The molecule has 1 aliphatic carbocycles. The van der Waals surface area contributed by atoms with E-state index in [1.54, 1.807) is 36.5 Å². The van der Waals surface area contributed by atoms with E-state index < -0.39 is 0 Å². The summed E-state index contributed by atoms with van der Waals surface area (Å²) in [6.07, 6.45) is 3.41. The predicted molar refractivity (Wildman–Crippen MR) is 107 cm³/mol. The Kier molecular flexibility index (Phi) is 6.62. The van der Waals surface area contributed by atoms with Gasteiger partial charge in [0.1, 0.15) is 0 Å². The minimum Gasteiger partial charge on any atom is -0.490 e. The second-order valence-corrected chi connectivity index (χ2v) is 6.35. The standard InChI is InChI=1S/C21H23N3O4/c1-2-27-19-12-15(13-22-24-21(26)16-9-10-16)8-11-18(19)28-14-20(25)23-17-6-4-3-5-7-17/h3-8,11-13,16H,2,9-10,14H2,1H3,(H,23,25)(H,24,26)/b22-13-. The summed E-state index contributed by atoms with van der Waals surface area (Å²) in [4.78, 5) is 23.6. The topological polar surface area (TPSA) is 89.0 Å². The second kappa shape index (κ2) is 9.55. The van der Waals surface area contributed by atoms with Crippen LogP contribution in [-0.4, -0.2) is 31.2 Å². The van der Waals surface area contributed by atoms with E-state index in [9.17, 15) is 9.59 Å². The first-order valence-electron chi connectivity index (χ1n) is 9.23. The Balaban J connectivity index is 1.57. The third kappa shape index (κ3) is 5.84. The normalized spacial score (nSPS) is 13.2. The van der Waals surface area contributed by atoms with Gasteiger partial charge in [-0.15, -0.1) is 0 Å². The minimum atomic E-state index is -0.262. The number of hydrogen-bond acceptors (Lipinski definition) is 5. The van der Waals surface area contributed by atoms with Crippen molar-refractivity contribution >= 4 is 23.7 Å². The number of carbonyl (C=O) groups excluding carboxylic acids is 2. The Morgan fingerprint density at radius 3 is 2.61 bits per heavy atom. The van der Waals surface area contributed by atoms with Crippen molar-refractivity contribution in [1.29, 1.82) is 0 Å². The summed E-state index contributed by atoms with van der Waals surface area (Å²) >= 11 is 0. The highest BCUT2D eigenvalue weighted by Gasteiger charge is 2.29. The summed E-state index contributed by atoms with van der Waals surface area (Å²) in [5.41, 5.74) is 3.99. The minimum absolute atomic E-state index is 0.0503. The Morgan fingerprint density at radius 2 is 1.89 bits per heavy atom. The number of rotatable bonds is 9. The van der Waals surface area contributed by atoms with Gasteiger partial charge in [-0.05, 0) is 55.7 Å². The molecular weight excluding hydrogens is 358 g/mol. The molecule has 0 bridgehead atoms. The van der Waals surface area contributed by atoms with Gasteiger partial charge in [-0.25, -0.2) is 5.43 Å². The molecule has 0 aliphatic heterocycles. The molecule has 0 aromatic heterocycles. The third-order valence-corrected chi connectivity index (χ3v) is 4.02. The van der Waals surface area contributed by atoms with Gasteiger partial charge in [-0.1, -0.05) is 18.2 Å². The van der Waals surface area contributed by atoms with Crippen LogP contribution in [0, 0.1) is 5.92 Å². The van der Waals surface area contributed by atoms with Gasteiger partial charge in [-0.3, -0.25) is 9.59 Å². The molecule has 1 aliphatic rings. The molecule has 0 radical (unpaired) electrons. The monoisotopic (exact) mass is 381 g/mol. The summed E-state index contributed by atoms with van der Waals surface area (Å²) in [6.45, 7) is 2.17. The lowest BCUT2D eigenvalue weighted by Crippen LogP contribution is -2.20. The average Bonchev–Trinajstić information content (AvgIpc) is 3.54. The van der Waals surface area contributed by atoms with Gasteiger partial charge >= 0.3 is 0 Å². The second-order valence-electron chi connectivity index (χ2n) is 6.35. The number of hydrogen-bond donors (Lipinski definition) is 2. The molecule has 0 spiro atoms. The fourth-order valence-electron chi connectivity index (χ4n) is 2.46. The molecule has 2 amide bonds. The third-order valence-electron chi connectivity index (χ3n) is 4.02. The summed E-state index contributed by atoms with van der Waals surface area (Å²) in [5.74, 6) is 0.762. The largest absolute Gasteiger partial charge is 0.490 e. The zero-order valence-electron chi connectivity index (χ0n) is 15.7. The maximum Gasteiger partial charge on any atom is 0.262 e. The fourth-order valence-corrected chi connectivity index (χ4v) is 2.46. The van der Waals surface area contributed by atoms with E-state index in [0.717, 1.165) is 18.4 Å². The molecule has 146 valence electrons. The molecule has 0 unspecified atom stereocenters. The van der Waals surface area contributed by atoms with Gasteiger partial charge in [0, 0.05) is 11.6 Å². The number of benzene rings is 2. The lowest BCUT2D eigenvalue weighted by molar-refractivity contribution is -0.122. The molecule has 0 atom stereocenters. The molecule has 0 heterocycles. The SMILES string of the molecule is CCOc1cc(/C=N\NC(=O)C2CC2)ccc1OCC(=O)Nc1ccccc1.